The number of anilines is 1. The Kier molecular flexibility index (Phi) is 7.28. The molecule has 0 aromatic heterocycles. The van der Waals surface area contributed by atoms with E-state index in [0.29, 0.717) is 25.4 Å². The van der Waals surface area contributed by atoms with Crippen LogP contribution in [0, 0.1) is 0 Å². The van der Waals surface area contributed by atoms with Gasteiger partial charge in [-0.1, -0.05) is 31.0 Å². The summed E-state index contributed by atoms with van der Waals surface area (Å²) in [4.78, 5) is 12.6. The summed E-state index contributed by atoms with van der Waals surface area (Å²) in [6.45, 7) is 3.62. The van der Waals surface area contributed by atoms with Crippen molar-refractivity contribution in [2.45, 2.75) is 43.9 Å². The number of amides is 1. The Hall–Kier alpha value is -2.38. The Morgan fingerprint density at radius 2 is 1.72 bits per heavy atom. The van der Waals surface area contributed by atoms with Gasteiger partial charge in [0.15, 0.2) is 0 Å². The molecule has 2 aromatic rings. The van der Waals surface area contributed by atoms with Crippen molar-refractivity contribution in [1.82, 2.24) is 4.31 Å². The second kappa shape index (κ2) is 9.89. The van der Waals surface area contributed by atoms with Crippen molar-refractivity contribution in [3.8, 4) is 5.75 Å². The monoisotopic (exact) mass is 416 g/mol. The van der Waals surface area contributed by atoms with Gasteiger partial charge >= 0.3 is 0 Å². The van der Waals surface area contributed by atoms with Gasteiger partial charge in [0.25, 0.3) is 0 Å². The normalized spacial score (nSPS) is 15.5. The second-order valence-electron chi connectivity index (χ2n) is 7.15. The molecule has 7 heteroatoms. The topological polar surface area (TPSA) is 75.7 Å². The SMILES string of the molecule is CCOc1ccc(CC(=O)Nc2cccc(S(=O)(=O)N3CCCCCC3)c2)cc1. The van der Waals surface area contributed by atoms with Crippen LogP contribution >= 0.6 is 0 Å². The molecule has 156 valence electrons. The fourth-order valence-electron chi connectivity index (χ4n) is 3.43. The minimum atomic E-state index is -3.54. The van der Waals surface area contributed by atoms with E-state index in [-0.39, 0.29) is 17.2 Å². The molecule has 3 rings (SSSR count). The molecule has 1 heterocycles. The third-order valence-corrected chi connectivity index (χ3v) is 6.81. The molecule has 29 heavy (non-hydrogen) atoms. The number of hydrogen-bond donors (Lipinski definition) is 1. The number of rotatable bonds is 7. The second-order valence-corrected chi connectivity index (χ2v) is 9.09. The zero-order chi connectivity index (χ0) is 20.7. The van der Waals surface area contributed by atoms with Gasteiger partial charge < -0.3 is 10.1 Å². The molecule has 2 aromatic carbocycles. The average Bonchev–Trinajstić information content (AvgIpc) is 3.00. The van der Waals surface area contributed by atoms with Gasteiger partial charge in [-0.05, 0) is 55.7 Å². The maximum absolute atomic E-state index is 13.0. The maximum atomic E-state index is 13.0. The zero-order valence-electron chi connectivity index (χ0n) is 16.8. The fourth-order valence-corrected chi connectivity index (χ4v) is 4.99. The number of sulfonamides is 1. The molecule has 0 unspecified atom stereocenters. The Balaban J connectivity index is 1.66. The molecule has 1 saturated heterocycles. The van der Waals surface area contributed by atoms with E-state index < -0.39 is 10.0 Å². The highest BCUT2D eigenvalue weighted by molar-refractivity contribution is 7.89. The molecule has 0 spiro atoms. The van der Waals surface area contributed by atoms with E-state index in [2.05, 4.69) is 5.32 Å². The van der Waals surface area contributed by atoms with E-state index >= 15 is 0 Å². The van der Waals surface area contributed by atoms with Gasteiger partial charge in [0.1, 0.15) is 5.75 Å². The predicted octanol–water partition coefficient (Wildman–Crippen LogP) is 3.83. The quantitative estimate of drug-likeness (QED) is 0.744. The molecule has 1 amide bonds. The van der Waals surface area contributed by atoms with Crippen LogP contribution in [0.15, 0.2) is 53.4 Å². The molecule has 0 aliphatic carbocycles. The third kappa shape index (κ3) is 5.81. The van der Waals surface area contributed by atoms with Crippen LogP contribution in [0.2, 0.25) is 0 Å². The first kappa shape index (κ1) is 21.3. The first-order chi connectivity index (χ1) is 14.0. The van der Waals surface area contributed by atoms with E-state index in [0.717, 1.165) is 37.0 Å². The molecule has 1 aliphatic heterocycles. The third-order valence-electron chi connectivity index (χ3n) is 4.92. The summed E-state index contributed by atoms with van der Waals surface area (Å²) in [6, 6.07) is 13.9. The Bertz CT molecular complexity index is 918. The van der Waals surface area contributed by atoms with Crippen molar-refractivity contribution in [2.24, 2.45) is 0 Å². The number of ether oxygens (including phenoxy) is 1. The highest BCUT2D eigenvalue weighted by Gasteiger charge is 2.25. The van der Waals surface area contributed by atoms with Gasteiger partial charge in [-0.3, -0.25) is 4.79 Å². The van der Waals surface area contributed by atoms with Crippen molar-refractivity contribution >= 4 is 21.6 Å². The highest BCUT2D eigenvalue weighted by atomic mass is 32.2. The summed E-state index contributed by atoms with van der Waals surface area (Å²) < 4.78 is 32.9. The molecule has 0 saturated carbocycles. The molecular weight excluding hydrogens is 388 g/mol. The van der Waals surface area contributed by atoms with Gasteiger partial charge in [0.2, 0.25) is 15.9 Å². The van der Waals surface area contributed by atoms with Gasteiger partial charge in [0, 0.05) is 18.8 Å². The number of nitrogens with one attached hydrogen (secondary N) is 1. The van der Waals surface area contributed by atoms with Crippen molar-refractivity contribution in [3.63, 3.8) is 0 Å². The molecule has 1 fully saturated rings. The summed E-state index contributed by atoms with van der Waals surface area (Å²) >= 11 is 0. The number of carbonyl (C=O) groups excluding carboxylic acids is 1. The Morgan fingerprint density at radius 3 is 2.38 bits per heavy atom. The van der Waals surface area contributed by atoms with Crippen LogP contribution in [0.4, 0.5) is 5.69 Å². The van der Waals surface area contributed by atoms with Crippen molar-refractivity contribution in [2.75, 3.05) is 25.0 Å². The lowest BCUT2D eigenvalue weighted by molar-refractivity contribution is -0.115. The largest absolute Gasteiger partial charge is 0.494 e. The van der Waals surface area contributed by atoms with Crippen LogP contribution in [-0.2, 0) is 21.2 Å². The van der Waals surface area contributed by atoms with Crippen LogP contribution in [0.1, 0.15) is 38.2 Å². The zero-order valence-corrected chi connectivity index (χ0v) is 17.6. The predicted molar refractivity (Wildman–Crippen MR) is 114 cm³/mol. The number of carbonyl (C=O) groups is 1. The molecule has 1 N–H and O–H groups in total. The van der Waals surface area contributed by atoms with E-state index in [1.54, 1.807) is 22.5 Å². The van der Waals surface area contributed by atoms with E-state index in [9.17, 15) is 13.2 Å². The maximum Gasteiger partial charge on any atom is 0.243 e. The van der Waals surface area contributed by atoms with Crippen molar-refractivity contribution in [3.05, 3.63) is 54.1 Å². The lowest BCUT2D eigenvalue weighted by Crippen LogP contribution is -2.32. The van der Waals surface area contributed by atoms with Crippen LogP contribution in [-0.4, -0.2) is 38.3 Å². The van der Waals surface area contributed by atoms with Crippen molar-refractivity contribution < 1.29 is 17.9 Å². The summed E-state index contributed by atoms with van der Waals surface area (Å²) in [6.07, 6.45) is 4.10. The van der Waals surface area contributed by atoms with Gasteiger partial charge in [-0.25, -0.2) is 8.42 Å². The van der Waals surface area contributed by atoms with Gasteiger partial charge in [-0.15, -0.1) is 0 Å². The lowest BCUT2D eigenvalue weighted by Gasteiger charge is -2.20. The molecule has 6 nitrogen and oxygen atoms in total. The number of hydrogen-bond acceptors (Lipinski definition) is 4. The van der Waals surface area contributed by atoms with Crippen LogP contribution in [0.5, 0.6) is 5.75 Å². The van der Waals surface area contributed by atoms with Gasteiger partial charge in [-0.2, -0.15) is 4.31 Å². The first-order valence-electron chi connectivity index (χ1n) is 10.1. The van der Waals surface area contributed by atoms with Crippen LogP contribution in [0.25, 0.3) is 0 Å². The standard InChI is InChI=1S/C22H28N2O4S/c1-2-28-20-12-10-18(11-13-20)16-22(25)23-19-8-7-9-21(17-19)29(26,27)24-14-5-3-4-6-15-24/h7-13,17H,2-6,14-16H2,1H3,(H,23,25). The summed E-state index contributed by atoms with van der Waals surface area (Å²) in [5, 5.41) is 2.80. The highest BCUT2D eigenvalue weighted by Crippen LogP contribution is 2.23. The number of nitrogens with zero attached hydrogens (tertiary/aromatic N) is 1. The summed E-state index contributed by atoms with van der Waals surface area (Å²) in [5.74, 6) is 0.571. The van der Waals surface area contributed by atoms with E-state index in [1.165, 1.54) is 6.07 Å². The smallest absolute Gasteiger partial charge is 0.243 e. The lowest BCUT2D eigenvalue weighted by atomic mass is 10.1. The fraction of sp³-hybridized carbons (Fsp3) is 0.409. The number of benzene rings is 2. The minimum absolute atomic E-state index is 0.196. The van der Waals surface area contributed by atoms with Crippen molar-refractivity contribution in [1.29, 1.82) is 0 Å². The summed E-state index contributed by atoms with van der Waals surface area (Å²) in [5.41, 5.74) is 1.34. The van der Waals surface area contributed by atoms with Crippen LogP contribution < -0.4 is 10.1 Å². The van der Waals surface area contributed by atoms with E-state index in [1.807, 2.05) is 31.2 Å². The molecular formula is C22H28N2O4S. The van der Waals surface area contributed by atoms with E-state index in [4.69, 9.17) is 4.74 Å². The molecule has 0 radical (unpaired) electrons. The van der Waals surface area contributed by atoms with Gasteiger partial charge in [0.05, 0.1) is 17.9 Å². The Labute approximate surface area is 172 Å². The minimum Gasteiger partial charge on any atom is -0.494 e. The molecule has 0 bridgehead atoms. The average molecular weight is 417 g/mol. The Morgan fingerprint density at radius 1 is 1.03 bits per heavy atom. The molecule has 0 atom stereocenters. The summed E-state index contributed by atoms with van der Waals surface area (Å²) in [7, 11) is -3.54. The van der Waals surface area contributed by atoms with Crippen LogP contribution in [0.3, 0.4) is 0 Å². The molecule has 1 aliphatic rings. The first-order valence-corrected chi connectivity index (χ1v) is 11.5.